The molecular weight excluding hydrogens is 633 g/mol. The highest BCUT2D eigenvalue weighted by molar-refractivity contribution is 7.26. The molecule has 0 amide bonds. The maximum Gasteiger partial charge on any atom is 0.124 e. The van der Waals surface area contributed by atoms with E-state index in [4.69, 9.17) is 4.98 Å². The summed E-state index contributed by atoms with van der Waals surface area (Å²) in [6, 6.07) is 57.5. The molecule has 0 N–H and O–H groups in total. The Morgan fingerprint density at radius 3 is 2.02 bits per heavy atom. The van der Waals surface area contributed by atoms with Gasteiger partial charge in [0.1, 0.15) is 5.01 Å². The summed E-state index contributed by atoms with van der Waals surface area (Å²) in [6.07, 6.45) is 0. The lowest BCUT2D eigenvalue weighted by Crippen LogP contribution is -1.93. The minimum absolute atomic E-state index is 1.04. The Morgan fingerprint density at radius 2 is 1.14 bits per heavy atom. The molecule has 49 heavy (non-hydrogen) atoms. The fourth-order valence-corrected chi connectivity index (χ4v) is 10.1. The summed E-state index contributed by atoms with van der Waals surface area (Å²) in [5.74, 6) is 0. The van der Waals surface area contributed by atoms with E-state index in [-0.39, 0.29) is 0 Å². The Balaban J connectivity index is 1.05. The first-order valence-corrected chi connectivity index (χ1v) is 18.2. The van der Waals surface area contributed by atoms with Crippen molar-refractivity contribution >= 4 is 96.4 Å². The van der Waals surface area contributed by atoms with Gasteiger partial charge in [-0.3, -0.25) is 0 Å². The molecular formula is C45H26N2S2. The normalized spacial score (nSPS) is 12.1. The van der Waals surface area contributed by atoms with Gasteiger partial charge in [-0.15, -0.1) is 22.7 Å². The van der Waals surface area contributed by atoms with Gasteiger partial charge in [0.2, 0.25) is 0 Å². The van der Waals surface area contributed by atoms with Crippen molar-refractivity contribution in [1.29, 1.82) is 0 Å². The quantitative estimate of drug-likeness (QED) is 0.185. The van der Waals surface area contributed by atoms with Gasteiger partial charge in [-0.2, -0.15) is 0 Å². The van der Waals surface area contributed by atoms with E-state index in [2.05, 4.69) is 162 Å². The summed E-state index contributed by atoms with van der Waals surface area (Å²) in [6.45, 7) is 0. The highest BCUT2D eigenvalue weighted by Crippen LogP contribution is 2.44. The van der Waals surface area contributed by atoms with Crippen LogP contribution in [-0.2, 0) is 0 Å². The predicted molar refractivity (Wildman–Crippen MR) is 213 cm³/mol. The van der Waals surface area contributed by atoms with Crippen molar-refractivity contribution in [3.05, 3.63) is 158 Å². The largest absolute Gasteiger partial charge is 0.309 e. The van der Waals surface area contributed by atoms with E-state index in [1.165, 1.54) is 79.3 Å². The standard InChI is InChI=1S/C45H26N2S2/c1-2-10-29-25-30(18-17-27(29)9-1)37-26-38-43(34-13-4-3-11-32(34)37)49-45(46-38)28-19-21-31(22-20-28)47-39-15-7-5-14-36(39)42-40(47)24-23-35-33-12-6-8-16-41(33)48-44(35)42/h1-26H. The highest BCUT2D eigenvalue weighted by atomic mass is 32.1. The van der Waals surface area contributed by atoms with Gasteiger partial charge in [0, 0.05) is 47.6 Å². The number of nitrogens with zero attached hydrogens (tertiary/aromatic N) is 2. The second-order valence-electron chi connectivity index (χ2n) is 12.7. The Morgan fingerprint density at radius 1 is 0.449 bits per heavy atom. The van der Waals surface area contributed by atoms with Crippen molar-refractivity contribution in [1.82, 2.24) is 9.55 Å². The second-order valence-corrected chi connectivity index (χ2v) is 14.8. The van der Waals surface area contributed by atoms with Crippen LogP contribution in [0, 0.1) is 0 Å². The Kier molecular flexibility index (Phi) is 5.74. The van der Waals surface area contributed by atoms with Gasteiger partial charge >= 0.3 is 0 Å². The van der Waals surface area contributed by atoms with E-state index in [9.17, 15) is 0 Å². The average molecular weight is 659 g/mol. The lowest BCUT2D eigenvalue weighted by molar-refractivity contribution is 1.18. The van der Waals surface area contributed by atoms with Crippen LogP contribution in [0.25, 0.3) is 101 Å². The molecule has 4 heteroatoms. The van der Waals surface area contributed by atoms with E-state index in [1.54, 1.807) is 11.3 Å². The molecule has 0 aliphatic carbocycles. The molecule has 0 fully saturated rings. The van der Waals surface area contributed by atoms with Gasteiger partial charge in [0.05, 0.1) is 21.3 Å². The summed E-state index contributed by atoms with van der Waals surface area (Å²) in [5.41, 5.74) is 8.23. The van der Waals surface area contributed by atoms with Crippen LogP contribution in [-0.4, -0.2) is 9.55 Å². The van der Waals surface area contributed by atoms with E-state index < -0.39 is 0 Å². The van der Waals surface area contributed by atoms with E-state index in [1.807, 2.05) is 11.3 Å². The number of rotatable bonds is 3. The predicted octanol–water partition coefficient (Wildman–Crippen LogP) is 13.4. The van der Waals surface area contributed by atoms with Gasteiger partial charge in [0.25, 0.3) is 0 Å². The third-order valence-electron chi connectivity index (χ3n) is 10.0. The van der Waals surface area contributed by atoms with Crippen LogP contribution in [0.15, 0.2) is 158 Å². The first-order valence-electron chi connectivity index (χ1n) is 16.5. The van der Waals surface area contributed by atoms with Gasteiger partial charge in [-0.05, 0) is 81.9 Å². The lowest BCUT2D eigenvalue weighted by atomic mass is 9.96. The summed E-state index contributed by atoms with van der Waals surface area (Å²) in [5, 5.41) is 11.3. The summed E-state index contributed by atoms with van der Waals surface area (Å²) in [4.78, 5) is 5.24. The molecule has 0 saturated heterocycles. The lowest BCUT2D eigenvalue weighted by Gasteiger charge is -2.09. The molecule has 11 rings (SSSR count). The maximum absolute atomic E-state index is 5.24. The number of aromatic nitrogens is 2. The fraction of sp³-hybridized carbons (Fsp3) is 0. The molecule has 8 aromatic carbocycles. The third-order valence-corrected chi connectivity index (χ3v) is 12.4. The van der Waals surface area contributed by atoms with Crippen LogP contribution in [0.4, 0.5) is 0 Å². The second kappa shape index (κ2) is 10.3. The number of hydrogen-bond acceptors (Lipinski definition) is 3. The van der Waals surface area contributed by atoms with Crippen LogP contribution < -0.4 is 0 Å². The van der Waals surface area contributed by atoms with Gasteiger partial charge in [0.15, 0.2) is 0 Å². The van der Waals surface area contributed by atoms with Crippen molar-refractivity contribution in [2.45, 2.75) is 0 Å². The Bertz CT molecular complexity index is 3100. The third kappa shape index (κ3) is 4.02. The van der Waals surface area contributed by atoms with Crippen molar-refractivity contribution in [2.75, 3.05) is 0 Å². The number of benzene rings is 8. The highest BCUT2D eigenvalue weighted by Gasteiger charge is 2.18. The molecule has 2 nitrogen and oxygen atoms in total. The molecule has 228 valence electrons. The monoisotopic (exact) mass is 658 g/mol. The molecule has 0 aliphatic rings. The van der Waals surface area contributed by atoms with Crippen molar-refractivity contribution in [2.24, 2.45) is 0 Å². The maximum atomic E-state index is 5.24. The number of hydrogen-bond donors (Lipinski definition) is 0. The number of thiophene rings is 1. The van der Waals surface area contributed by atoms with Gasteiger partial charge in [-0.25, -0.2) is 4.98 Å². The smallest absolute Gasteiger partial charge is 0.124 e. The molecule has 0 spiro atoms. The minimum atomic E-state index is 1.04. The minimum Gasteiger partial charge on any atom is -0.309 e. The average Bonchev–Trinajstić information content (AvgIpc) is 3.86. The van der Waals surface area contributed by atoms with Crippen LogP contribution >= 0.6 is 22.7 Å². The molecule has 0 aliphatic heterocycles. The fourth-order valence-electron chi connectivity index (χ4n) is 7.74. The van der Waals surface area contributed by atoms with Crippen LogP contribution in [0.3, 0.4) is 0 Å². The van der Waals surface area contributed by atoms with E-state index >= 15 is 0 Å². The molecule has 0 saturated carbocycles. The first kappa shape index (κ1) is 27.2. The van der Waals surface area contributed by atoms with Crippen LogP contribution in [0.1, 0.15) is 0 Å². The zero-order valence-corrected chi connectivity index (χ0v) is 27.9. The summed E-state index contributed by atoms with van der Waals surface area (Å²) >= 11 is 3.68. The SMILES string of the molecule is c1ccc2cc(-c3cc4nc(-c5ccc(-n6c7ccccc7c7c8sc9ccccc9c8ccc76)cc5)sc4c4ccccc34)ccc2c1. The van der Waals surface area contributed by atoms with E-state index in [0.717, 1.165) is 21.8 Å². The molecule has 0 bridgehead atoms. The number of fused-ring (bicyclic) bond motifs is 11. The van der Waals surface area contributed by atoms with Crippen molar-refractivity contribution in [3.8, 4) is 27.4 Å². The molecule has 0 unspecified atom stereocenters. The zero-order valence-electron chi connectivity index (χ0n) is 26.2. The zero-order chi connectivity index (χ0) is 32.1. The van der Waals surface area contributed by atoms with Gasteiger partial charge < -0.3 is 4.57 Å². The topological polar surface area (TPSA) is 17.8 Å². The van der Waals surface area contributed by atoms with Gasteiger partial charge in [-0.1, -0.05) is 103 Å². The molecule has 3 aromatic heterocycles. The van der Waals surface area contributed by atoms with Crippen LogP contribution in [0.5, 0.6) is 0 Å². The number of thiazole rings is 1. The van der Waals surface area contributed by atoms with E-state index in [0.29, 0.717) is 0 Å². The molecule has 0 atom stereocenters. The Labute approximate surface area is 289 Å². The molecule has 0 radical (unpaired) electrons. The first-order chi connectivity index (χ1) is 24.3. The Hall–Kier alpha value is -5.81. The van der Waals surface area contributed by atoms with Crippen molar-refractivity contribution < 1.29 is 0 Å². The van der Waals surface area contributed by atoms with Crippen LogP contribution in [0.2, 0.25) is 0 Å². The number of para-hydroxylation sites is 1. The molecule has 3 heterocycles. The molecule has 11 aromatic rings. The summed E-state index contributed by atoms with van der Waals surface area (Å²) in [7, 11) is 0. The summed E-state index contributed by atoms with van der Waals surface area (Å²) < 4.78 is 6.34. The van der Waals surface area contributed by atoms with Crippen molar-refractivity contribution in [3.63, 3.8) is 0 Å².